The number of hydrogen-bond acceptors (Lipinski definition) is 5. The van der Waals surface area contributed by atoms with Crippen molar-refractivity contribution in [1.29, 1.82) is 0 Å². The summed E-state index contributed by atoms with van der Waals surface area (Å²) >= 11 is 0. The Morgan fingerprint density at radius 3 is 2.83 bits per heavy atom. The van der Waals surface area contributed by atoms with Gasteiger partial charge in [-0.05, 0) is 25.2 Å². The lowest BCUT2D eigenvalue weighted by Crippen LogP contribution is -2.22. The molecule has 1 aliphatic carbocycles. The zero-order chi connectivity index (χ0) is 13.3. The summed E-state index contributed by atoms with van der Waals surface area (Å²) in [4.78, 5) is 10.6. The van der Waals surface area contributed by atoms with Crippen LogP contribution in [-0.4, -0.2) is 32.5 Å². The fourth-order valence-electron chi connectivity index (χ4n) is 2.05. The van der Waals surface area contributed by atoms with Gasteiger partial charge in [0.05, 0.1) is 11.0 Å². The average molecular weight is 254 g/mol. The second-order valence-corrected chi connectivity index (χ2v) is 4.66. The Morgan fingerprint density at radius 1 is 1.67 bits per heavy atom. The van der Waals surface area contributed by atoms with Crippen molar-refractivity contribution >= 4 is 11.5 Å². The van der Waals surface area contributed by atoms with Crippen molar-refractivity contribution in [3.63, 3.8) is 0 Å². The molecule has 1 unspecified atom stereocenters. The van der Waals surface area contributed by atoms with Crippen LogP contribution in [0.5, 0.6) is 0 Å². The number of nitro groups is 1. The normalized spacial score (nSPS) is 16.6. The molecule has 0 radical (unpaired) electrons. The lowest BCUT2D eigenvalue weighted by molar-refractivity contribution is -0.384. The molecule has 1 aromatic rings. The molecule has 1 aromatic heterocycles. The fraction of sp³-hybridized carbons (Fsp3) is 0.727. The van der Waals surface area contributed by atoms with Gasteiger partial charge in [-0.2, -0.15) is 5.10 Å². The number of aliphatic hydroxyl groups excluding tert-OH is 1. The first-order chi connectivity index (χ1) is 8.54. The van der Waals surface area contributed by atoms with Crippen molar-refractivity contribution in [2.75, 3.05) is 11.9 Å². The first-order valence-corrected chi connectivity index (χ1v) is 6.16. The third-order valence-electron chi connectivity index (χ3n) is 3.25. The number of aliphatic hydroxyl groups is 1. The molecule has 2 rings (SSSR count). The molecule has 0 amide bonds. The van der Waals surface area contributed by atoms with E-state index in [4.69, 9.17) is 0 Å². The molecule has 1 aliphatic rings. The Labute approximate surface area is 105 Å². The van der Waals surface area contributed by atoms with Crippen LogP contribution in [0.3, 0.4) is 0 Å². The summed E-state index contributed by atoms with van der Waals surface area (Å²) in [5.74, 6) is 0.715. The largest absolute Gasteiger partial charge is 0.391 e. The zero-order valence-corrected chi connectivity index (χ0v) is 10.6. The quantitative estimate of drug-likeness (QED) is 0.585. The van der Waals surface area contributed by atoms with Crippen LogP contribution in [0.25, 0.3) is 0 Å². The molecule has 1 heterocycles. The molecule has 100 valence electrons. The van der Waals surface area contributed by atoms with E-state index in [1.54, 1.807) is 7.05 Å². The number of nitrogens with zero attached hydrogens (tertiary/aromatic N) is 3. The van der Waals surface area contributed by atoms with Crippen molar-refractivity contribution in [3.05, 3.63) is 15.8 Å². The molecular weight excluding hydrogens is 236 g/mol. The van der Waals surface area contributed by atoms with Gasteiger partial charge in [-0.15, -0.1) is 0 Å². The topological polar surface area (TPSA) is 93.2 Å². The van der Waals surface area contributed by atoms with Crippen molar-refractivity contribution in [2.45, 2.75) is 32.3 Å². The molecular formula is C11H18N4O3. The van der Waals surface area contributed by atoms with E-state index in [1.165, 1.54) is 4.68 Å². The maximum atomic E-state index is 11.1. The molecule has 0 bridgehead atoms. The molecule has 0 aromatic carbocycles. The molecule has 0 spiro atoms. The number of anilines is 1. The minimum atomic E-state index is -0.440. The van der Waals surface area contributed by atoms with Crippen LogP contribution in [0.1, 0.15) is 25.5 Å². The first-order valence-electron chi connectivity index (χ1n) is 6.16. The summed E-state index contributed by atoms with van der Waals surface area (Å²) in [5, 5.41) is 27.9. The molecule has 7 heteroatoms. The van der Waals surface area contributed by atoms with Gasteiger partial charge >= 0.3 is 5.69 Å². The summed E-state index contributed by atoms with van der Waals surface area (Å²) in [6, 6.07) is 0. The minimum absolute atomic E-state index is 0.0167. The van der Waals surface area contributed by atoms with Gasteiger partial charge in [0.25, 0.3) is 0 Å². The number of nitrogens with one attached hydrogen (secondary N) is 1. The third-order valence-corrected chi connectivity index (χ3v) is 3.25. The maximum Gasteiger partial charge on any atom is 0.333 e. The monoisotopic (exact) mass is 254 g/mol. The van der Waals surface area contributed by atoms with E-state index in [2.05, 4.69) is 10.4 Å². The van der Waals surface area contributed by atoms with E-state index in [0.717, 1.165) is 12.8 Å². The van der Waals surface area contributed by atoms with Gasteiger partial charge in [0, 0.05) is 13.6 Å². The number of hydrogen-bond donors (Lipinski definition) is 2. The van der Waals surface area contributed by atoms with Gasteiger partial charge in [0.15, 0.2) is 0 Å². The predicted molar refractivity (Wildman–Crippen MR) is 66.5 cm³/mol. The summed E-state index contributed by atoms with van der Waals surface area (Å²) in [7, 11) is 1.66. The van der Waals surface area contributed by atoms with Crippen LogP contribution in [-0.2, 0) is 13.5 Å². The Hall–Kier alpha value is -1.63. The molecule has 1 atom stereocenters. The lowest BCUT2D eigenvalue weighted by Gasteiger charge is -2.11. The molecule has 2 N–H and O–H groups in total. The van der Waals surface area contributed by atoms with Crippen molar-refractivity contribution in [1.82, 2.24) is 9.78 Å². The van der Waals surface area contributed by atoms with E-state index >= 15 is 0 Å². The van der Waals surface area contributed by atoms with Gasteiger partial charge in [-0.1, -0.05) is 6.92 Å². The van der Waals surface area contributed by atoms with Crippen molar-refractivity contribution in [2.24, 2.45) is 13.0 Å². The van der Waals surface area contributed by atoms with Gasteiger partial charge in [0.1, 0.15) is 5.69 Å². The highest BCUT2D eigenvalue weighted by Crippen LogP contribution is 2.33. The van der Waals surface area contributed by atoms with Crippen LogP contribution in [0.2, 0.25) is 0 Å². The fourth-order valence-corrected chi connectivity index (χ4v) is 2.05. The Bertz CT molecular complexity index is 453. The first kappa shape index (κ1) is 12.8. The Balaban J connectivity index is 2.14. The summed E-state index contributed by atoms with van der Waals surface area (Å²) in [6.45, 7) is 2.16. The van der Waals surface area contributed by atoms with Crippen molar-refractivity contribution in [3.8, 4) is 0 Å². The van der Waals surface area contributed by atoms with E-state index < -0.39 is 11.0 Å². The smallest absolute Gasteiger partial charge is 0.333 e. The molecule has 1 fully saturated rings. The van der Waals surface area contributed by atoms with E-state index in [1.807, 2.05) is 6.92 Å². The van der Waals surface area contributed by atoms with Crippen LogP contribution in [0.15, 0.2) is 0 Å². The van der Waals surface area contributed by atoms with Gasteiger partial charge in [0.2, 0.25) is 5.82 Å². The number of aromatic nitrogens is 2. The number of aryl methyl sites for hydroxylation is 2. The van der Waals surface area contributed by atoms with E-state index in [9.17, 15) is 15.2 Å². The van der Waals surface area contributed by atoms with Crippen LogP contribution in [0.4, 0.5) is 11.5 Å². The standard InChI is InChI=1S/C11H18N4O3/c1-3-8-10(15(17)18)11(14(2)13-8)12-6-9(16)7-4-5-7/h7,9,12,16H,3-6H2,1-2H3. The summed E-state index contributed by atoms with van der Waals surface area (Å²) in [6.07, 6.45) is 2.15. The third kappa shape index (κ3) is 2.45. The summed E-state index contributed by atoms with van der Waals surface area (Å²) in [5.41, 5.74) is 0.480. The van der Waals surface area contributed by atoms with Crippen LogP contribution >= 0.6 is 0 Å². The Morgan fingerprint density at radius 2 is 2.33 bits per heavy atom. The van der Waals surface area contributed by atoms with Gasteiger partial charge < -0.3 is 10.4 Å². The lowest BCUT2D eigenvalue weighted by atomic mass is 10.2. The van der Waals surface area contributed by atoms with Crippen molar-refractivity contribution < 1.29 is 10.0 Å². The minimum Gasteiger partial charge on any atom is -0.391 e. The SMILES string of the molecule is CCc1nn(C)c(NCC(O)C2CC2)c1[N+](=O)[O-]. The Kier molecular flexibility index (Phi) is 3.51. The van der Waals surface area contributed by atoms with Crippen LogP contribution < -0.4 is 5.32 Å². The van der Waals surface area contributed by atoms with Gasteiger partial charge in [-0.25, -0.2) is 4.68 Å². The second-order valence-electron chi connectivity index (χ2n) is 4.66. The molecule has 7 nitrogen and oxygen atoms in total. The molecule has 0 aliphatic heterocycles. The number of rotatable bonds is 6. The van der Waals surface area contributed by atoms with Crippen LogP contribution in [0, 0.1) is 16.0 Å². The second kappa shape index (κ2) is 4.93. The highest BCUT2D eigenvalue weighted by atomic mass is 16.6. The highest BCUT2D eigenvalue weighted by molar-refractivity contribution is 5.59. The highest BCUT2D eigenvalue weighted by Gasteiger charge is 2.31. The van der Waals surface area contributed by atoms with E-state index in [0.29, 0.717) is 30.4 Å². The maximum absolute atomic E-state index is 11.1. The van der Waals surface area contributed by atoms with E-state index in [-0.39, 0.29) is 5.69 Å². The zero-order valence-electron chi connectivity index (χ0n) is 10.6. The van der Waals surface area contributed by atoms with Gasteiger partial charge in [-0.3, -0.25) is 10.1 Å². The molecule has 1 saturated carbocycles. The average Bonchev–Trinajstić information content (AvgIpc) is 3.10. The predicted octanol–water partition coefficient (Wildman–Crippen LogP) is 1.07. The summed E-state index contributed by atoms with van der Waals surface area (Å²) < 4.78 is 1.47. The molecule has 18 heavy (non-hydrogen) atoms. The molecule has 0 saturated heterocycles.